The van der Waals surface area contributed by atoms with Crippen molar-refractivity contribution in [1.82, 2.24) is 0 Å². The third-order valence-corrected chi connectivity index (χ3v) is 1.31. The summed E-state index contributed by atoms with van der Waals surface area (Å²) in [7, 11) is 0. The van der Waals surface area contributed by atoms with Gasteiger partial charge in [-0.05, 0) is 5.41 Å². The fraction of sp³-hybridized carbons (Fsp3) is 0.900. The van der Waals surface area contributed by atoms with Gasteiger partial charge < -0.3 is 9.47 Å². The summed E-state index contributed by atoms with van der Waals surface area (Å²) in [5.41, 5.74) is 0.175. The third kappa shape index (κ3) is 9.34. The molecule has 0 heterocycles. The first kappa shape index (κ1) is 12.4. The van der Waals surface area contributed by atoms with Crippen LogP contribution in [0.1, 0.15) is 34.1 Å². The second kappa shape index (κ2) is 5.97. The lowest BCUT2D eigenvalue weighted by atomic mass is 9.99. The summed E-state index contributed by atoms with van der Waals surface area (Å²) < 4.78 is 10.2. The van der Waals surface area contributed by atoms with Crippen LogP contribution in [0.4, 0.5) is 0 Å². The Morgan fingerprint density at radius 1 is 1.23 bits per heavy atom. The van der Waals surface area contributed by atoms with Gasteiger partial charge in [0.25, 0.3) is 0 Å². The predicted octanol–water partition coefficient (Wildman–Crippen LogP) is 2.00. The fourth-order valence-corrected chi connectivity index (χ4v) is 0.695. The number of rotatable bonds is 5. The van der Waals surface area contributed by atoms with Crippen LogP contribution in [0.15, 0.2) is 0 Å². The lowest BCUT2D eigenvalue weighted by Crippen LogP contribution is -2.17. The molecule has 0 rings (SSSR count). The van der Waals surface area contributed by atoms with Crippen molar-refractivity contribution >= 4 is 5.97 Å². The number of ether oxygens (including phenoxy) is 2. The Labute approximate surface area is 80.4 Å². The smallest absolute Gasteiger partial charge is 0.305 e. The van der Waals surface area contributed by atoms with Crippen molar-refractivity contribution in [2.24, 2.45) is 5.41 Å². The summed E-state index contributed by atoms with van der Waals surface area (Å²) >= 11 is 0. The summed E-state index contributed by atoms with van der Waals surface area (Å²) in [6.07, 6.45) is 0.430. The Bertz CT molecular complexity index is 147. The molecule has 0 unspecified atom stereocenters. The summed E-state index contributed by atoms with van der Waals surface area (Å²) in [5.74, 6) is -0.167. The molecular weight excluding hydrogens is 168 g/mol. The van der Waals surface area contributed by atoms with Crippen LogP contribution in [-0.4, -0.2) is 25.8 Å². The van der Waals surface area contributed by atoms with Crippen LogP contribution < -0.4 is 0 Å². The molecule has 0 bridgehead atoms. The summed E-state index contributed by atoms with van der Waals surface area (Å²) in [6.45, 7) is 9.63. The van der Waals surface area contributed by atoms with E-state index in [-0.39, 0.29) is 11.4 Å². The Hall–Kier alpha value is -0.570. The van der Waals surface area contributed by atoms with E-state index in [0.29, 0.717) is 26.2 Å². The largest absolute Gasteiger partial charge is 0.463 e. The quantitative estimate of drug-likeness (QED) is 0.489. The molecule has 0 aromatic carbocycles. The first-order valence-corrected chi connectivity index (χ1v) is 4.69. The van der Waals surface area contributed by atoms with E-state index in [1.54, 1.807) is 6.92 Å². The van der Waals surface area contributed by atoms with Gasteiger partial charge in [0.2, 0.25) is 0 Å². The topological polar surface area (TPSA) is 35.5 Å². The van der Waals surface area contributed by atoms with Gasteiger partial charge in [0.15, 0.2) is 0 Å². The van der Waals surface area contributed by atoms with Crippen LogP contribution >= 0.6 is 0 Å². The molecule has 0 spiro atoms. The van der Waals surface area contributed by atoms with Crippen molar-refractivity contribution in [2.45, 2.75) is 34.1 Å². The molecule has 0 saturated carbocycles. The monoisotopic (exact) mass is 188 g/mol. The average molecular weight is 188 g/mol. The van der Waals surface area contributed by atoms with Crippen molar-refractivity contribution < 1.29 is 14.3 Å². The predicted molar refractivity (Wildman–Crippen MR) is 51.5 cm³/mol. The molecule has 0 saturated heterocycles. The highest BCUT2D eigenvalue weighted by Gasteiger charge is 2.09. The normalized spacial score (nSPS) is 11.4. The zero-order chi connectivity index (χ0) is 10.3. The molecule has 0 aliphatic heterocycles. The molecule has 78 valence electrons. The maximum atomic E-state index is 10.7. The minimum Gasteiger partial charge on any atom is -0.463 e. The van der Waals surface area contributed by atoms with E-state index in [2.05, 4.69) is 20.8 Å². The van der Waals surface area contributed by atoms with Gasteiger partial charge in [-0.3, -0.25) is 4.79 Å². The minimum absolute atomic E-state index is 0.167. The lowest BCUT2D eigenvalue weighted by Gasteiger charge is -2.17. The van der Waals surface area contributed by atoms with E-state index < -0.39 is 0 Å². The third-order valence-electron chi connectivity index (χ3n) is 1.31. The fourth-order valence-electron chi connectivity index (χ4n) is 0.695. The number of carbonyl (C=O) groups excluding carboxylic acids is 1. The van der Waals surface area contributed by atoms with Gasteiger partial charge in [0.05, 0.1) is 13.2 Å². The Morgan fingerprint density at radius 3 is 2.31 bits per heavy atom. The van der Waals surface area contributed by atoms with Gasteiger partial charge in [-0.15, -0.1) is 0 Å². The maximum Gasteiger partial charge on any atom is 0.305 e. The van der Waals surface area contributed by atoms with E-state index in [9.17, 15) is 4.79 Å². The number of hydrogen-bond donors (Lipinski definition) is 0. The van der Waals surface area contributed by atoms with Crippen LogP contribution in [0.3, 0.4) is 0 Å². The van der Waals surface area contributed by atoms with Crippen LogP contribution in [-0.2, 0) is 14.3 Å². The average Bonchev–Trinajstić information content (AvgIpc) is 2.01. The summed E-state index contributed by atoms with van der Waals surface area (Å²) in [4.78, 5) is 10.7. The highest BCUT2D eigenvalue weighted by Crippen LogP contribution is 2.12. The van der Waals surface area contributed by atoms with E-state index in [4.69, 9.17) is 9.47 Å². The van der Waals surface area contributed by atoms with E-state index in [0.717, 1.165) is 0 Å². The van der Waals surface area contributed by atoms with Gasteiger partial charge in [-0.25, -0.2) is 0 Å². The molecule has 0 fully saturated rings. The molecule has 0 aliphatic carbocycles. The molecule has 0 aromatic heterocycles. The van der Waals surface area contributed by atoms with Crippen molar-refractivity contribution in [1.29, 1.82) is 0 Å². The minimum atomic E-state index is -0.167. The van der Waals surface area contributed by atoms with Crippen LogP contribution in [0.25, 0.3) is 0 Å². The van der Waals surface area contributed by atoms with Crippen LogP contribution in [0, 0.1) is 5.41 Å². The van der Waals surface area contributed by atoms with Gasteiger partial charge in [-0.1, -0.05) is 27.7 Å². The lowest BCUT2D eigenvalue weighted by molar-refractivity contribution is -0.145. The SMILES string of the molecule is CCC(=O)OCCOCC(C)(C)C. The Kier molecular flexibility index (Phi) is 5.71. The molecule has 0 radical (unpaired) electrons. The highest BCUT2D eigenvalue weighted by atomic mass is 16.6. The zero-order valence-electron chi connectivity index (χ0n) is 9.05. The van der Waals surface area contributed by atoms with Gasteiger partial charge in [0.1, 0.15) is 6.61 Å². The molecule has 13 heavy (non-hydrogen) atoms. The molecule has 0 amide bonds. The van der Waals surface area contributed by atoms with E-state index in [1.165, 1.54) is 0 Å². The summed E-state index contributed by atoms with van der Waals surface area (Å²) in [5, 5.41) is 0. The van der Waals surface area contributed by atoms with E-state index >= 15 is 0 Å². The first-order chi connectivity index (χ1) is 5.95. The number of esters is 1. The summed E-state index contributed by atoms with van der Waals surface area (Å²) in [6, 6.07) is 0. The Morgan fingerprint density at radius 2 is 1.85 bits per heavy atom. The van der Waals surface area contributed by atoms with Crippen LogP contribution in [0.2, 0.25) is 0 Å². The van der Waals surface area contributed by atoms with Crippen molar-refractivity contribution in [3.8, 4) is 0 Å². The highest BCUT2D eigenvalue weighted by molar-refractivity contribution is 5.68. The second-order valence-electron chi connectivity index (χ2n) is 4.19. The van der Waals surface area contributed by atoms with Crippen molar-refractivity contribution in [3.05, 3.63) is 0 Å². The molecule has 0 N–H and O–H groups in total. The van der Waals surface area contributed by atoms with Crippen molar-refractivity contribution in [3.63, 3.8) is 0 Å². The van der Waals surface area contributed by atoms with E-state index in [1.807, 2.05) is 0 Å². The molecule has 3 heteroatoms. The molecule has 0 aromatic rings. The van der Waals surface area contributed by atoms with Crippen LogP contribution in [0.5, 0.6) is 0 Å². The first-order valence-electron chi connectivity index (χ1n) is 4.69. The molecular formula is C10H20O3. The standard InChI is InChI=1S/C10H20O3/c1-5-9(11)13-7-6-12-8-10(2,3)4/h5-8H2,1-4H3. The second-order valence-corrected chi connectivity index (χ2v) is 4.19. The molecule has 0 atom stereocenters. The molecule has 3 nitrogen and oxygen atoms in total. The molecule has 0 aliphatic rings. The zero-order valence-corrected chi connectivity index (χ0v) is 9.05. The van der Waals surface area contributed by atoms with Gasteiger partial charge in [-0.2, -0.15) is 0 Å². The Balaban J connectivity index is 3.22. The number of carbonyl (C=O) groups is 1. The maximum absolute atomic E-state index is 10.7. The number of hydrogen-bond acceptors (Lipinski definition) is 3. The van der Waals surface area contributed by atoms with Crippen molar-refractivity contribution in [2.75, 3.05) is 19.8 Å². The van der Waals surface area contributed by atoms with Gasteiger partial charge >= 0.3 is 5.97 Å². The van der Waals surface area contributed by atoms with Gasteiger partial charge in [0, 0.05) is 6.42 Å².